The molecule has 0 bridgehead atoms. The molecule has 5 heteroatoms. The molecular formula is C11H14F3NO. The predicted octanol–water partition coefficient (Wildman–Crippen LogP) is 3.54. The smallest absolute Gasteiger partial charge is 0.392 e. The van der Waals surface area contributed by atoms with Gasteiger partial charge in [-0.05, 0) is 11.5 Å². The minimum absolute atomic E-state index is 0.230. The van der Waals surface area contributed by atoms with Gasteiger partial charge in [0.2, 0.25) is 5.88 Å². The summed E-state index contributed by atoms with van der Waals surface area (Å²) in [6.07, 6.45) is -3.52. The fraction of sp³-hybridized carbons (Fsp3) is 0.545. The van der Waals surface area contributed by atoms with Gasteiger partial charge in [-0.3, -0.25) is 0 Å². The van der Waals surface area contributed by atoms with E-state index in [1.165, 1.54) is 0 Å². The van der Waals surface area contributed by atoms with Gasteiger partial charge in [0.25, 0.3) is 0 Å². The number of aromatic nitrogens is 1. The van der Waals surface area contributed by atoms with Crippen LogP contribution in [0, 0.1) is 0 Å². The lowest BCUT2D eigenvalue weighted by molar-refractivity contribution is -0.139. The van der Waals surface area contributed by atoms with Gasteiger partial charge in [-0.15, -0.1) is 0 Å². The van der Waals surface area contributed by atoms with Crippen molar-refractivity contribution in [1.29, 1.82) is 0 Å². The highest BCUT2D eigenvalue weighted by atomic mass is 19.4. The minimum atomic E-state index is -4.18. The summed E-state index contributed by atoms with van der Waals surface area (Å²) < 4.78 is 40.4. The second-order valence-electron chi connectivity index (χ2n) is 3.80. The van der Waals surface area contributed by atoms with E-state index in [0.29, 0.717) is 5.92 Å². The van der Waals surface area contributed by atoms with Crippen molar-refractivity contribution < 1.29 is 17.9 Å². The third-order valence-electron chi connectivity index (χ3n) is 2.06. The molecule has 0 N–H and O–H groups in total. The van der Waals surface area contributed by atoms with Crippen molar-refractivity contribution in [3.8, 4) is 5.88 Å². The van der Waals surface area contributed by atoms with E-state index in [-0.39, 0.29) is 5.88 Å². The lowest BCUT2D eigenvalue weighted by Crippen LogP contribution is -2.13. The van der Waals surface area contributed by atoms with Gasteiger partial charge >= 0.3 is 6.18 Å². The molecule has 2 nitrogen and oxygen atoms in total. The lowest BCUT2D eigenvalue weighted by atomic mass is 10.1. The van der Waals surface area contributed by atoms with Crippen LogP contribution < -0.4 is 4.74 Å². The summed E-state index contributed by atoms with van der Waals surface area (Å²) in [6, 6.07) is 3.40. The van der Waals surface area contributed by atoms with E-state index in [9.17, 15) is 13.2 Å². The Hall–Kier alpha value is -1.26. The largest absolute Gasteiger partial charge is 0.477 e. The molecule has 1 rings (SSSR count). The van der Waals surface area contributed by atoms with Gasteiger partial charge in [-0.1, -0.05) is 19.9 Å². The van der Waals surface area contributed by atoms with E-state index in [2.05, 4.69) is 4.98 Å². The maximum Gasteiger partial charge on any atom is 0.392 e. The molecule has 0 aliphatic carbocycles. The van der Waals surface area contributed by atoms with Crippen LogP contribution in [0.1, 0.15) is 31.7 Å². The van der Waals surface area contributed by atoms with Crippen LogP contribution in [-0.4, -0.2) is 17.8 Å². The number of hydrogen-bond acceptors (Lipinski definition) is 2. The Morgan fingerprint density at radius 2 is 2.00 bits per heavy atom. The number of halogens is 3. The van der Waals surface area contributed by atoms with Crippen molar-refractivity contribution in [2.45, 2.75) is 32.4 Å². The summed E-state index contributed by atoms with van der Waals surface area (Å²) >= 11 is 0. The molecule has 0 radical (unpaired) electrons. The Morgan fingerprint density at radius 1 is 1.31 bits per heavy atom. The monoisotopic (exact) mass is 233 g/mol. The quantitative estimate of drug-likeness (QED) is 0.793. The van der Waals surface area contributed by atoms with Crippen molar-refractivity contribution in [2.24, 2.45) is 0 Å². The van der Waals surface area contributed by atoms with Gasteiger partial charge in [0.1, 0.15) is 0 Å². The van der Waals surface area contributed by atoms with E-state index in [1.807, 2.05) is 13.8 Å². The zero-order valence-electron chi connectivity index (χ0n) is 9.21. The molecule has 1 aromatic rings. The van der Waals surface area contributed by atoms with Crippen LogP contribution in [0.2, 0.25) is 0 Å². The molecular weight excluding hydrogens is 219 g/mol. The summed E-state index contributed by atoms with van der Waals surface area (Å²) in [7, 11) is 0. The van der Waals surface area contributed by atoms with Gasteiger partial charge in [-0.2, -0.15) is 13.2 Å². The van der Waals surface area contributed by atoms with Crippen LogP contribution in [-0.2, 0) is 0 Å². The summed E-state index contributed by atoms with van der Waals surface area (Å²) in [6.45, 7) is 3.64. The maximum absolute atomic E-state index is 11.8. The standard InChI is InChI=1S/C11H14F3NO/c1-8(2)9-3-4-10(15-7-9)16-6-5-11(12,13)14/h3-4,7-8H,5-6H2,1-2H3. The van der Waals surface area contributed by atoms with Gasteiger partial charge < -0.3 is 4.74 Å². The molecule has 1 aromatic heterocycles. The molecule has 1 heterocycles. The third kappa shape index (κ3) is 4.51. The van der Waals surface area contributed by atoms with E-state index in [0.717, 1.165) is 5.56 Å². The van der Waals surface area contributed by atoms with Crippen LogP contribution in [0.3, 0.4) is 0 Å². The van der Waals surface area contributed by atoms with Crippen molar-refractivity contribution in [2.75, 3.05) is 6.61 Å². The normalized spacial score (nSPS) is 11.9. The van der Waals surface area contributed by atoms with Crippen LogP contribution in [0.15, 0.2) is 18.3 Å². The molecule has 0 saturated heterocycles. The molecule has 0 saturated carbocycles. The summed E-state index contributed by atoms with van der Waals surface area (Å²) in [5.41, 5.74) is 1.03. The Balaban J connectivity index is 2.44. The Morgan fingerprint density at radius 3 is 2.44 bits per heavy atom. The highest BCUT2D eigenvalue weighted by molar-refractivity contribution is 5.20. The van der Waals surface area contributed by atoms with Crippen molar-refractivity contribution in [3.63, 3.8) is 0 Å². The van der Waals surface area contributed by atoms with Crippen LogP contribution >= 0.6 is 0 Å². The van der Waals surface area contributed by atoms with Crippen molar-refractivity contribution >= 4 is 0 Å². The molecule has 0 unspecified atom stereocenters. The molecule has 16 heavy (non-hydrogen) atoms. The average molecular weight is 233 g/mol. The van der Waals surface area contributed by atoms with E-state index in [4.69, 9.17) is 4.74 Å². The molecule has 0 amide bonds. The summed E-state index contributed by atoms with van der Waals surface area (Å²) in [5, 5.41) is 0. The minimum Gasteiger partial charge on any atom is -0.477 e. The molecule has 90 valence electrons. The summed E-state index contributed by atoms with van der Waals surface area (Å²) in [4.78, 5) is 3.93. The number of hydrogen-bond donors (Lipinski definition) is 0. The fourth-order valence-electron chi connectivity index (χ4n) is 1.09. The van der Waals surface area contributed by atoms with Crippen molar-refractivity contribution in [3.05, 3.63) is 23.9 Å². The Labute approximate surface area is 92.5 Å². The van der Waals surface area contributed by atoms with E-state index < -0.39 is 19.2 Å². The first-order chi connectivity index (χ1) is 7.38. The lowest BCUT2D eigenvalue weighted by Gasteiger charge is -2.09. The third-order valence-corrected chi connectivity index (χ3v) is 2.06. The molecule has 0 aromatic carbocycles. The molecule has 0 fully saturated rings. The highest BCUT2D eigenvalue weighted by Gasteiger charge is 2.26. The first kappa shape index (κ1) is 12.8. The maximum atomic E-state index is 11.8. The topological polar surface area (TPSA) is 22.1 Å². The molecule has 0 aliphatic rings. The second-order valence-corrected chi connectivity index (χ2v) is 3.80. The molecule has 0 atom stereocenters. The van der Waals surface area contributed by atoms with Gasteiger partial charge in [0, 0.05) is 12.3 Å². The Kier molecular flexibility index (Phi) is 4.15. The zero-order chi connectivity index (χ0) is 12.2. The van der Waals surface area contributed by atoms with E-state index >= 15 is 0 Å². The summed E-state index contributed by atoms with van der Waals surface area (Å²) in [5.74, 6) is 0.574. The Bertz CT molecular complexity index is 319. The van der Waals surface area contributed by atoms with Gasteiger partial charge in [0.15, 0.2) is 0 Å². The van der Waals surface area contributed by atoms with Gasteiger partial charge in [0.05, 0.1) is 13.0 Å². The second kappa shape index (κ2) is 5.18. The highest BCUT2D eigenvalue weighted by Crippen LogP contribution is 2.20. The first-order valence-electron chi connectivity index (χ1n) is 5.04. The number of rotatable bonds is 4. The number of alkyl halides is 3. The fourth-order valence-corrected chi connectivity index (χ4v) is 1.09. The number of ether oxygens (including phenoxy) is 1. The molecule has 0 spiro atoms. The first-order valence-corrected chi connectivity index (χ1v) is 5.04. The zero-order valence-corrected chi connectivity index (χ0v) is 9.21. The van der Waals surface area contributed by atoms with Crippen LogP contribution in [0.5, 0.6) is 5.88 Å². The average Bonchev–Trinajstić information content (AvgIpc) is 2.16. The van der Waals surface area contributed by atoms with Crippen LogP contribution in [0.4, 0.5) is 13.2 Å². The van der Waals surface area contributed by atoms with Gasteiger partial charge in [-0.25, -0.2) is 4.98 Å². The number of nitrogens with zero attached hydrogens (tertiary/aromatic N) is 1. The predicted molar refractivity (Wildman–Crippen MR) is 54.5 cm³/mol. The van der Waals surface area contributed by atoms with Crippen LogP contribution in [0.25, 0.3) is 0 Å². The van der Waals surface area contributed by atoms with Crippen molar-refractivity contribution in [1.82, 2.24) is 4.98 Å². The SMILES string of the molecule is CC(C)c1ccc(OCCC(F)(F)F)nc1. The number of pyridine rings is 1. The van der Waals surface area contributed by atoms with E-state index in [1.54, 1.807) is 18.3 Å². The molecule has 0 aliphatic heterocycles.